The summed E-state index contributed by atoms with van der Waals surface area (Å²) < 4.78 is 12.4. The van der Waals surface area contributed by atoms with Crippen molar-refractivity contribution in [3.63, 3.8) is 0 Å². The highest BCUT2D eigenvalue weighted by molar-refractivity contribution is 7.98. The topological polar surface area (TPSA) is 132 Å². The van der Waals surface area contributed by atoms with Crippen LogP contribution in [0, 0.1) is 0 Å². The second kappa shape index (κ2) is 18.2. The fraction of sp³-hybridized carbons (Fsp3) is 0.471. The average Bonchev–Trinajstić information content (AvgIpc) is 3.42. The summed E-state index contributed by atoms with van der Waals surface area (Å²) in [5.41, 5.74) is 1.47. The van der Waals surface area contributed by atoms with Crippen LogP contribution in [0.3, 0.4) is 0 Å². The van der Waals surface area contributed by atoms with Gasteiger partial charge in [-0.05, 0) is 87.9 Å². The molecule has 0 saturated heterocycles. The number of hydrogen-bond donors (Lipinski definition) is 3. The molecule has 2 aromatic carbocycles. The van der Waals surface area contributed by atoms with E-state index in [1.54, 1.807) is 75.0 Å². The molecule has 0 saturated carbocycles. The van der Waals surface area contributed by atoms with Crippen LogP contribution in [-0.4, -0.2) is 63.4 Å². The number of nitrogens with zero attached hydrogens (tertiary/aromatic N) is 2. The zero-order valence-corrected chi connectivity index (χ0v) is 29.8. The van der Waals surface area contributed by atoms with E-state index in [4.69, 9.17) is 37.7 Å². The van der Waals surface area contributed by atoms with Crippen molar-refractivity contribution in [3.05, 3.63) is 70.1 Å². The standard InChI is InChI=1S/C34H44Cl2N4O6S/c1-34(2,3)46-33(44)39-28(19-22-10-13-24(41)14-11-22)31-38-29(25-15-12-23(35)20-26(25)36)21-40(31)17-8-6-7-9-30(42)37-27(16-18-47-5)32(43)45-4/h10-15,20-21,27-28,41H,6-9,16-19H2,1-5H3,(H,37,42)(H,39,44)/t27-,28?/m0/s1. The maximum Gasteiger partial charge on any atom is 0.408 e. The number of ether oxygens (including phenoxy) is 2. The summed E-state index contributed by atoms with van der Waals surface area (Å²) in [7, 11) is 1.32. The molecule has 13 heteroatoms. The summed E-state index contributed by atoms with van der Waals surface area (Å²) >= 11 is 14.3. The number of amides is 2. The molecule has 3 rings (SSSR count). The molecule has 1 aromatic heterocycles. The lowest BCUT2D eigenvalue weighted by Crippen LogP contribution is -2.41. The third-order valence-electron chi connectivity index (χ3n) is 7.13. The van der Waals surface area contributed by atoms with Crippen LogP contribution in [0.2, 0.25) is 10.0 Å². The number of rotatable bonds is 16. The number of thioether (sulfide) groups is 1. The largest absolute Gasteiger partial charge is 0.508 e. The number of aromatic hydroxyl groups is 1. The number of methoxy groups -OCH3 is 1. The molecule has 0 bridgehead atoms. The average molecular weight is 708 g/mol. The van der Waals surface area contributed by atoms with Gasteiger partial charge >= 0.3 is 12.1 Å². The number of phenolic OH excluding ortho intramolecular Hbond substituents is 1. The van der Waals surface area contributed by atoms with Crippen molar-refractivity contribution in [2.24, 2.45) is 0 Å². The Balaban J connectivity index is 1.81. The number of aromatic nitrogens is 2. The number of esters is 1. The quantitative estimate of drug-likeness (QED) is 0.104. The summed E-state index contributed by atoms with van der Waals surface area (Å²) in [6.45, 7) is 5.94. The Labute approximate surface area is 290 Å². The molecule has 0 radical (unpaired) electrons. The third-order valence-corrected chi connectivity index (χ3v) is 8.32. The lowest BCUT2D eigenvalue weighted by atomic mass is 10.0. The number of aryl methyl sites for hydroxylation is 1. The van der Waals surface area contributed by atoms with Crippen molar-refractivity contribution in [2.75, 3.05) is 19.1 Å². The SMILES string of the molecule is COC(=O)[C@H](CCSC)NC(=O)CCCCCn1cc(-c2ccc(Cl)cc2Cl)nc1C(Cc1ccc(O)cc1)NC(=O)OC(C)(C)C. The van der Waals surface area contributed by atoms with Crippen LogP contribution < -0.4 is 10.6 Å². The number of phenols is 1. The molecule has 0 fully saturated rings. The molecule has 10 nitrogen and oxygen atoms in total. The molecule has 3 N–H and O–H groups in total. The molecule has 0 aliphatic rings. The molecule has 2 amide bonds. The highest BCUT2D eigenvalue weighted by atomic mass is 35.5. The summed E-state index contributed by atoms with van der Waals surface area (Å²) in [6, 6.07) is 10.7. The molecule has 0 spiro atoms. The Morgan fingerprint density at radius 3 is 2.40 bits per heavy atom. The first-order valence-electron chi connectivity index (χ1n) is 15.5. The number of halogens is 2. The summed E-state index contributed by atoms with van der Waals surface area (Å²) in [6.07, 6.45) is 6.48. The number of carbonyl (C=O) groups is 3. The summed E-state index contributed by atoms with van der Waals surface area (Å²) in [5, 5.41) is 16.5. The first kappa shape index (κ1) is 38.0. The fourth-order valence-electron chi connectivity index (χ4n) is 4.88. The van der Waals surface area contributed by atoms with Crippen molar-refractivity contribution in [3.8, 4) is 17.0 Å². The lowest BCUT2D eigenvalue weighted by Gasteiger charge is -2.24. The maximum absolute atomic E-state index is 13.0. The van der Waals surface area contributed by atoms with Crippen LogP contribution in [0.5, 0.6) is 5.75 Å². The lowest BCUT2D eigenvalue weighted by molar-refractivity contribution is -0.145. The van der Waals surface area contributed by atoms with Crippen LogP contribution in [0.25, 0.3) is 11.3 Å². The Hall–Kier alpha value is -3.41. The minimum Gasteiger partial charge on any atom is -0.508 e. The predicted octanol–water partition coefficient (Wildman–Crippen LogP) is 7.34. The van der Waals surface area contributed by atoms with Crippen molar-refractivity contribution in [2.45, 2.75) is 83.5 Å². The van der Waals surface area contributed by atoms with Crippen molar-refractivity contribution in [1.29, 1.82) is 0 Å². The van der Waals surface area contributed by atoms with Crippen LogP contribution in [-0.2, 0) is 32.0 Å². The van der Waals surface area contributed by atoms with Gasteiger partial charge in [-0.15, -0.1) is 0 Å². The Kier molecular flexibility index (Phi) is 14.7. The van der Waals surface area contributed by atoms with E-state index in [1.165, 1.54) is 7.11 Å². The van der Waals surface area contributed by atoms with Gasteiger partial charge in [-0.1, -0.05) is 41.8 Å². The van der Waals surface area contributed by atoms with Gasteiger partial charge in [-0.3, -0.25) is 4.79 Å². The Morgan fingerprint density at radius 1 is 1.04 bits per heavy atom. The van der Waals surface area contributed by atoms with Crippen molar-refractivity contribution < 1.29 is 29.0 Å². The number of carbonyl (C=O) groups excluding carboxylic acids is 3. The third kappa shape index (κ3) is 12.6. The number of unbranched alkanes of at least 4 members (excludes halogenated alkanes) is 2. The number of benzene rings is 2. The molecule has 256 valence electrons. The van der Waals surface area contributed by atoms with Gasteiger partial charge in [-0.2, -0.15) is 11.8 Å². The van der Waals surface area contributed by atoms with E-state index in [2.05, 4.69) is 10.6 Å². The van der Waals surface area contributed by atoms with E-state index in [0.29, 0.717) is 52.9 Å². The predicted molar refractivity (Wildman–Crippen MR) is 187 cm³/mol. The van der Waals surface area contributed by atoms with E-state index in [-0.39, 0.29) is 18.1 Å². The van der Waals surface area contributed by atoms with E-state index < -0.39 is 29.7 Å². The van der Waals surface area contributed by atoms with E-state index in [0.717, 1.165) is 24.2 Å². The van der Waals surface area contributed by atoms with Crippen molar-refractivity contribution in [1.82, 2.24) is 20.2 Å². The number of nitrogens with one attached hydrogen (secondary N) is 2. The van der Waals surface area contributed by atoms with Gasteiger partial charge in [0, 0.05) is 36.2 Å². The first-order chi connectivity index (χ1) is 22.3. The monoisotopic (exact) mass is 706 g/mol. The highest BCUT2D eigenvalue weighted by Gasteiger charge is 2.26. The normalized spacial score (nSPS) is 12.7. The highest BCUT2D eigenvalue weighted by Crippen LogP contribution is 2.32. The number of hydrogen-bond acceptors (Lipinski definition) is 8. The van der Waals surface area contributed by atoms with Gasteiger partial charge in [-0.25, -0.2) is 14.6 Å². The van der Waals surface area contributed by atoms with Crippen LogP contribution in [0.4, 0.5) is 4.79 Å². The zero-order chi connectivity index (χ0) is 34.6. The molecular formula is C34H44Cl2N4O6S. The number of alkyl carbamates (subject to hydrolysis) is 1. The molecule has 0 aliphatic heterocycles. The van der Waals surface area contributed by atoms with Gasteiger partial charge in [0.05, 0.1) is 23.9 Å². The second-order valence-electron chi connectivity index (χ2n) is 12.1. The van der Waals surface area contributed by atoms with Gasteiger partial charge in [0.15, 0.2) is 0 Å². The molecular weight excluding hydrogens is 663 g/mol. The van der Waals surface area contributed by atoms with E-state index in [1.807, 2.05) is 17.0 Å². The van der Waals surface area contributed by atoms with Crippen LogP contribution in [0.1, 0.15) is 70.3 Å². The molecule has 1 heterocycles. The minimum atomic E-state index is -0.706. The van der Waals surface area contributed by atoms with Gasteiger partial charge in [0.1, 0.15) is 23.2 Å². The Bertz CT molecular complexity index is 1490. The first-order valence-corrected chi connectivity index (χ1v) is 17.6. The molecule has 47 heavy (non-hydrogen) atoms. The maximum atomic E-state index is 13.0. The second-order valence-corrected chi connectivity index (χ2v) is 13.9. The van der Waals surface area contributed by atoms with Gasteiger partial charge in [0.25, 0.3) is 0 Å². The van der Waals surface area contributed by atoms with Gasteiger partial charge in [0.2, 0.25) is 5.91 Å². The molecule has 2 atom stereocenters. The van der Waals surface area contributed by atoms with Crippen molar-refractivity contribution >= 4 is 52.9 Å². The molecule has 3 aromatic rings. The van der Waals surface area contributed by atoms with E-state index >= 15 is 0 Å². The fourth-order valence-corrected chi connectivity index (χ4v) is 5.85. The van der Waals surface area contributed by atoms with Gasteiger partial charge < -0.3 is 29.8 Å². The molecule has 1 unspecified atom stereocenters. The van der Waals surface area contributed by atoms with Crippen LogP contribution in [0.15, 0.2) is 48.7 Å². The summed E-state index contributed by atoms with van der Waals surface area (Å²) in [4.78, 5) is 42.6. The molecule has 0 aliphatic carbocycles. The minimum absolute atomic E-state index is 0.140. The summed E-state index contributed by atoms with van der Waals surface area (Å²) in [5.74, 6) is 0.824. The smallest absolute Gasteiger partial charge is 0.408 e. The number of imidazole rings is 1. The zero-order valence-electron chi connectivity index (χ0n) is 27.5. The Morgan fingerprint density at radius 2 is 1.77 bits per heavy atom. The van der Waals surface area contributed by atoms with E-state index in [9.17, 15) is 19.5 Å². The van der Waals surface area contributed by atoms with Crippen LogP contribution >= 0.6 is 35.0 Å².